The van der Waals surface area contributed by atoms with Gasteiger partial charge in [-0.1, -0.05) is 23.7 Å². The van der Waals surface area contributed by atoms with E-state index >= 15 is 0 Å². The van der Waals surface area contributed by atoms with Crippen molar-refractivity contribution in [1.29, 1.82) is 0 Å². The molecular weight excluding hydrogens is 250 g/mol. The highest BCUT2D eigenvalue weighted by molar-refractivity contribution is 6.33. The molecule has 1 unspecified atom stereocenters. The van der Waals surface area contributed by atoms with Gasteiger partial charge in [0, 0.05) is 13.1 Å². The Labute approximate surface area is 113 Å². The summed E-state index contributed by atoms with van der Waals surface area (Å²) in [6, 6.07) is 5.40. The van der Waals surface area contributed by atoms with Crippen molar-refractivity contribution in [1.82, 2.24) is 0 Å². The SMILES string of the molecule is C=CCN(CC)c1ccc(C(C)C(=O)O)cc1Cl. The summed E-state index contributed by atoms with van der Waals surface area (Å²) in [7, 11) is 0. The molecule has 0 aliphatic rings. The van der Waals surface area contributed by atoms with Crippen molar-refractivity contribution in [2.75, 3.05) is 18.0 Å². The summed E-state index contributed by atoms with van der Waals surface area (Å²) in [4.78, 5) is 13.0. The van der Waals surface area contributed by atoms with Gasteiger partial charge in [0.25, 0.3) is 0 Å². The van der Waals surface area contributed by atoms with Crippen LogP contribution in [0.2, 0.25) is 5.02 Å². The van der Waals surface area contributed by atoms with Crippen LogP contribution in [-0.2, 0) is 4.79 Å². The summed E-state index contributed by atoms with van der Waals surface area (Å²) in [5, 5.41) is 9.54. The lowest BCUT2D eigenvalue weighted by molar-refractivity contribution is -0.138. The Morgan fingerprint density at radius 3 is 2.72 bits per heavy atom. The minimum Gasteiger partial charge on any atom is -0.481 e. The standard InChI is InChI=1S/C14H18ClNO2/c1-4-8-16(5-2)13-7-6-11(9-12(13)15)10(3)14(17)18/h4,6-7,9-10H,1,5,8H2,2-3H3,(H,17,18). The van der Waals surface area contributed by atoms with E-state index in [1.54, 1.807) is 13.0 Å². The molecule has 1 N–H and O–H groups in total. The molecule has 18 heavy (non-hydrogen) atoms. The van der Waals surface area contributed by atoms with Gasteiger partial charge in [0.05, 0.1) is 16.6 Å². The highest BCUT2D eigenvalue weighted by Gasteiger charge is 2.16. The van der Waals surface area contributed by atoms with Crippen LogP contribution in [0.25, 0.3) is 0 Å². The first-order valence-corrected chi connectivity index (χ1v) is 6.27. The lowest BCUT2D eigenvalue weighted by Gasteiger charge is -2.23. The number of aliphatic carboxylic acids is 1. The Morgan fingerprint density at radius 1 is 1.61 bits per heavy atom. The second-order valence-corrected chi connectivity index (χ2v) is 4.51. The largest absolute Gasteiger partial charge is 0.481 e. The number of hydrogen-bond acceptors (Lipinski definition) is 2. The third-order valence-corrected chi connectivity index (χ3v) is 3.22. The first kappa shape index (κ1) is 14.6. The fraction of sp³-hybridized carbons (Fsp3) is 0.357. The van der Waals surface area contributed by atoms with Crippen molar-refractivity contribution in [2.24, 2.45) is 0 Å². The van der Waals surface area contributed by atoms with E-state index in [0.29, 0.717) is 17.1 Å². The predicted octanol–water partition coefficient (Wildman–Crippen LogP) is 3.54. The van der Waals surface area contributed by atoms with Crippen LogP contribution in [0.3, 0.4) is 0 Å². The van der Waals surface area contributed by atoms with Gasteiger partial charge < -0.3 is 10.0 Å². The smallest absolute Gasteiger partial charge is 0.310 e. The number of likely N-dealkylation sites (N-methyl/N-ethyl adjacent to an activating group) is 1. The van der Waals surface area contributed by atoms with E-state index in [9.17, 15) is 4.79 Å². The molecule has 1 rings (SSSR count). The molecule has 0 amide bonds. The van der Waals surface area contributed by atoms with E-state index in [4.69, 9.17) is 16.7 Å². The first-order valence-electron chi connectivity index (χ1n) is 5.89. The topological polar surface area (TPSA) is 40.5 Å². The minimum absolute atomic E-state index is 0.550. The van der Waals surface area contributed by atoms with Gasteiger partial charge >= 0.3 is 5.97 Å². The number of carbonyl (C=O) groups is 1. The molecule has 0 radical (unpaired) electrons. The van der Waals surface area contributed by atoms with E-state index in [1.165, 1.54) is 0 Å². The molecule has 0 aliphatic carbocycles. The lowest BCUT2D eigenvalue weighted by Crippen LogP contribution is -2.22. The Bertz CT molecular complexity index is 445. The third kappa shape index (κ3) is 3.26. The number of carboxylic acids is 1. The average Bonchev–Trinajstić information content (AvgIpc) is 2.35. The Morgan fingerprint density at radius 2 is 2.28 bits per heavy atom. The van der Waals surface area contributed by atoms with Crippen LogP contribution in [0.4, 0.5) is 5.69 Å². The summed E-state index contributed by atoms with van der Waals surface area (Å²) >= 11 is 6.22. The molecule has 0 aliphatic heterocycles. The quantitative estimate of drug-likeness (QED) is 0.802. The molecule has 0 heterocycles. The van der Waals surface area contributed by atoms with Crippen molar-refractivity contribution >= 4 is 23.3 Å². The fourth-order valence-corrected chi connectivity index (χ4v) is 2.05. The average molecular weight is 268 g/mol. The number of hydrogen-bond donors (Lipinski definition) is 1. The molecule has 4 heteroatoms. The Hall–Kier alpha value is -1.48. The molecule has 1 aromatic rings. The molecule has 0 fully saturated rings. The van der Waals surface area contributed by atoms with Gasteiger partial charge in [-0.15, -0.1) is 6.58 Å². The molecule has 0 saturated heterocycles. The number of anilines is 1. The van der Waals surface area contributed by atoms with Crippen LogP contribution in [0.1, 0.15) is 25.3 Å². The van der Waals surface area contributed by atoms with Crippen molar-refractivity contribution in [3.05, 3.63) is 41.4 Å². The third-order valence-electron chi connectivity index (χ3n) is 2.91. The number of benzene rings is 1. The van der Waals surface area contributed by atoms with Crippen molar-refractivity contribution in [3.8, 4) is 0 Å². The maximum atomic E-state index is 10.9. The van der Waals surface area contributed by atoms with Crippen LogP contribution < -0.4 is 4.90 Å². The van der Waals surface area contributed by atoms with E-state index < -0.39 is 11.9 Å². The van der Waals surface area contributed by atoms with Gasteiger partial charge in [0.1, 0.15) is 0 Å². The van der Waals surface area contributed by atoms with Crippen molar-refractivity contribution < 1.29 is 9.90 Å². The van der Waals surface area contributed by atoms with E-state index in [-0.39, 0.29) is 0 Å². The molecule has 0 spiro atoms. The van der Waals surface area contributed by atoms with Gasteiger partial charge in [-0.25, -0.2) is 0 Å². The molecular formula is C14H18ClNO2. The maximum Gasteiger partial charge on any atom is 0.310 e. The van der Waals surface area contributed by atoms with Gasteiger partial charge in [0.2, 0.25) is 0 Å². The van der Waals surface area contributed by atoms with Crippen LogP contribution in [0.15, 0.2) is 30.9 Å². The summed E-state index contributed by atoms with van der Waals surface area (Å²) < 4.78 is 0. The number of rotatable bonds is 6. The van der Waals surface area contributed by atoms with Crippen LogP contribution in [0, 0.1) is 0 Å². The maximum absolute atomic E-state index is 10.9. The molecule has 3 nitrogen and oxygen atoms in total. The molecule has 1 atom stereocenters. The molecule has 98 valence electrons. The second kappa shape index (κ2) is 6.45. The van der Waals surface area contributed by atoms with Crippen LogP contribution in [0.5, 0.6) is 0 Å². The minimum atomic E-state index is -0.850. The number of carboxylic acid groups (broad SMARTS) is 1. The molecule has 0 bridgehead atoms. The van der Waals surface area contributed by atoms with Gasteiger partial charge in [0.15, 0.2) is 0 Å². The van der Waals surface area contributed by atoms with Gasteiger partial charge in [-0.3, -0.25) is 4.79 Å². The highest BCUT2D eigenvalue weighted by Crippen LogP contribution is 2.29. The van der Waals surface area contributed by atoms with E-state index in [2.05, 4.69) is 11.5 Å². The van der Waals surface area contributed by atoms with E-state index in [0.717, 1.165) is 12.2 Å². The van der Waals surface area contributed by atoms with Crippen molar-refractivity contribution in [3.63, 3.8) is 0 Å². The van der Waals surface area contributed by atoms with Gasteiger partial charge in [-0.05, 0) is 31.5 Å². The van der Waals surface area contributed by atoms with Crippen molar-refractivity contribution in [2.45, 2.75) is 19.8 Å². The lowest BCUT2D eigenvalue weighted by atomic mass is 10.0. The molecule has 0 aromatic heterocycles. The highest BCUT2D eigenvalue weighted by atomic mass is 35.5. The monoisotopic (exact) mass is 267 g/mol. The zero-order valence-electron chi connectivity index (χ0n) is 10.7. The zero-order valence-corrected chi connectivity index (χ0v) is 11.4. The van der Waals surface area contributed by atoms with Crippen LogP contribution in [-0.4, -0.2) is 24.2 Å². The summed E-state index contributed by atoms with van der Waals surface area (Å²) in [6.45, 7) is 8.92. The summed E-state index contributed by atoms with van der Waals surface area (Å²) in [5.74, 6) is -1.40. The Balaban J connectivity index is 3.05. The molecule has 1 aromatic carbocycles. The Kier molecular flexibility index (Phi) is 5.23. The first-order chi connectivity index (χ1) is 8.51. The van der Waals surface area contributed by atoms with Gasteiger partial charge in [-0.2, -0.15) is 0 Å². The van der Waals surface area contributed by atoms with Crippen LogP contribution >= 0.6 is 11.6 Å². The second-order valence-electron chi connectivity index (χ2n) is 4.10. The predicted molar refractivity (Wildman–Crippen MR) is 75.6 cm³/mol. The zero-order chi connectivity index (χ0) is 13.7. The fourth-order valence-electron chi connectivity index (χ4n) is 1.75. The number of halogens is 1. The van der Waals surface area contributed by atoms with E-state index in [1.807, 2.05) is 25.1 Å². The number of nitrogens with zero attached hydrogens (tertiary/aromatic N) is 1. The summed E-state index contributed by atoms with van der Waals surface area (Å²) in [5.41, 5.74) is 1.62. The normalized spacial score (nSPS) is 11.9. The summed E-state index contributed by atoms with van der Waals surface area (Å²) in [6.07, 6.45) is 1.81. The molecule has 0 saturated carbocycles.